The second-order valence-electron chi connectivity index (χ2n) is 4.93. The smallest absolute Gasteiger partial charge is 0.214 e. The van der Waals surface area contributed by atoms with E-state index in [1.54, 1.807) is 14.1 Å². The van der Waals surface area contributed by atoms with E-state index in [0.29, 0.717) is 12.6 Å². The highest BCUT2D eigenvalue weighted by molar-refractivity contribution is 7.89. The van der Waals surface area contributed by atoms with Crippen LogP contribution in [0.3, 0.4) is 0 Å². The molecule has 1 N–H and O–H groups in total. The minimum atomic E-state index is -3.06. The molecule has 1 aliphatic heterocycles. The number of likely N-dealkylation sites (N-methyl/N-ethyl adjacent to an activating group) is 1. The maximum atomic E-state index is 11.5. The Morgan fingerprint density at radius 3 is 2.65 bits per heavy atom. The van der Waals surface area contributed by atoms with Gasteiger partial charge in [-0.1, -0.05) is 6.42 Å². The fraction of sp³-hybridized carbons (Fsp3) is 1.00. The summed E-state index contributed by atoms with van der Waals surface area (Å²) in [5.74, 6) is 0.177. The molecule has 17 heavy (non-hydrogen) atoms. The zero-order chi connectivity index (χ0) is 12.9. The first-order chi connectivity index (χ1) is 7.93. The maximum Gasteiger partial charge on any atom is 0.214 e. The highest BCUT2D eigenvalue weighted by atomic mass is 32.2. The van der Waals surface area contributed by atoms with Crippen LogP contribution in [-0.2, 0) is 10.0 Å². The highest BCUT2D eigenvalue weighted by Crippen LogP contribution is 2.13. The van der Waals surface area contributed by atoms with E-state index in [4.69, 9.17) is 0 Å². The second-order valence-corrected chi connectivity index (χ2v) is 7.24. The van der Waals surface area contributed by atoms with Gasteiger partial charge in [-0.15, -0.1) is 0 Å². The Kier molecular flexibility index (Phi) is 5.85. The number of nitrogens with one attached hydrogen (secondary N) is 1. The zero-order valence-electron chi connectivity index (χ0n) is 11.1. The van der Waals surface area contributed by atoms with Crippen LogP contribution in [0.5, 0.6) is 0 Å². The molecule has 102 valence electrons. The average Bonchev–Trinajstić information content (AvgIpc) is 2.26. The molecule has 0 aromatic carbocycles. The number of rotatable bonds is 6. The first-order valence-electron chi connectivity index (χ1n) is 6.24. The molecule has 0 aliphatic carbocycles. The number of nitrogens with zero attached hydrogens (tertiary/aromatic N) is 2. The number of sulfonamides is 1. The molecule has 0 radical (unpaired) electrons. The van der Waals surface area contributed by atoms with Crippen molar-refractivity contribution in [2.24, 2.45) is 0 Å². The van der Waals surface area contributed by atoms with Gasteiger partial charge < -0.3 is 10.2 Å². The van der Waals surface area contributed by atoms with E-state index in [2.05, 4.69) is 17.3 Å². The van der Waals surface area contributed by atoms with Crippen LogP contribution in [0.25, 0.3) is 0 Å². The van der Waals surface area contributed by atoms with E-state index in [-0.39, 0.29) is 5.75 Å². The van der Waals surface area contributed by atoms with Gasteiger partial charge in [0.15, 0.2) is 0 Å². The van der Waals surface area contributed by atoms with Crippen molar-refractivity contribution >= 4 is 10.0 Å². The molecule has 1 heterocycles. The quantitative estimate of drug-likeness (QED) is 0.683. The summed E-state index contributed by atoms with van der Waals surface area (Å²) in [6.45, 7) is 2.58. The third kappa shape index (κ3) is 4.91. The van der Waals surface area contributed by atoms with Crippen LogP contribution in [0, 0.1) is 0 Å². The van der Waals surface area contributed by atoms with E-state index in [1.165, 1.54) is 23.6 Å². The first-order valence-corrected chi connectivity index (χ1v) is 7.85. The lowest BCUT2D eigenvalue weighted by Gasteiger charge is -2.32. The van der Waals surface area contributed by atoms with Gasteiger partial charge in [-0.2, -0.15) is 0 Å². The van der Waals surface area contributed by atoms with Gasteiger partial charge >= 0.3 is 0 Å². The Labute approximate surface area is 105 Å². The molecular formula is C11H25N3O2S. The molecule has 1 saturated heterocycles. The summed E-state index contributed by atoms with van der Waals surface area (Å²) >= 11 is 0. The van der Waals surface area contributed by atoms with Gasteiger partial charge in [0.2, 0.25) is 10.0 Å². The Hall–Kier alpha value is -0.170. The monoisotopic (exact) mass is 263 g/mol. The van der Waals surface area contributed by atoms with E-state index >= 15 is 0 Å². The van der Waals surface area contributed by atoms with Crippen molar-refractivity contribution in [2.45, 2.75) is 25.3 Å². The van der Waals surface area contributed by atoms with Crippen molar-refractivity contribution in [3.8, 4) is 0 Å². The first kappa shape index (κ1) is 14.9. The number of hydrogen-bond acceptors (Lipinski definition) is 4. The van der Waals surface area contributed by atoms with Gasteiger partial charge in [0.25, 0.3) is 0 Å². The van der Waals surface area contributed by atoms with E-state index in [9.17, 15) is 8.42 Å². The Balaban J connectivity index is 2.20. The molecule has 1 rings (SSSR count). The summed E-state index contributed by atoms with van der Waals surface area (Å²) in [5.41, 5.74) is 0. The van der Waals surface area contributed by atoms with Crippen LogP contribution >= 0.6 is 0 Å². The summed E-state index contributed by atoms with van der Waals surface area (Å²) in [7, 11) is 2.23. The number of hydrogen-bond donors (Lipinski definition) is 1. The Morgan fingerprint density at radius 1 is 1.35 bits per heavy atom. The summed E-state index contributed by atoms with van der Waals surface area (Å²) in [4.78, 5) is 2.36. The average molecular weight is 263 g/mol. The van der Waals surface area contributed by atoms with E-state index in [0.717, 1.165) is 13.1 Å². The molecule has 0 aromatic rings. The molecule has 5 nitrogen and oxygen atoms in total. The fourth-order valence-corrected chi connectivity index (χ4v) is 2.82. The minimum Gasteiger partial charge on any atom is -0.314 e. The van der Waals surface area contributed by atoms with Gasteiger partial charge in [-0.3, -0.25) is 0 Å². The van der Waals surface area contributed by atoms with E-state index < -0.39 is 10.0 Å². The lowest BCUT2D eigenvalue weighted by Crippen LogP contribution is -2.44. The van der Waals surface area contributed by atoms with Crippen LogP contribution in [0.15, 0.2) is 0 Å². The Morgan fingerprint density at radius 2 is 2.06 bits per heavy atom. The van der Waals surface area contributed by atoms with Gasteiger partial charge in [0, 0.05) is 33.2 Å². The summed E-state index contributed by atoms with van der Waals surface area (Å²) in [6.07, 6.45) is 3.78. The summed E-state index contributed by atoms with van der Waals surface area (Å²) < 4.78 is 24.3. The largest absolute Gasteiger partial charge is 0.314 e. The maximum absolute atomic E-state index is 11.5. The van der Waals surface area contributed by atoms with Crippen molar-refractivity contribution < 1.29 is 8.42 Å². The lowest BCUT2D eigenvalue weighted by molar-refractivity contribution is 0.182. The molecule has 1 fully saturated rings. The van der Waals surface area contributed by atoms with Crippen LogP contribution < -0.4 is 5.32 Å². The van der Waals surface area contributed by atoms with E-state index in [1.807, 2.05) is 0 Å². The van der Waals surface area contributed by atoms with Crippen LogP contribution in [0.4, 0.5) is 0 Å². The fourth-order valence-electron chi connectivity index (χ4n) is 2.05. The van der Waals surface area contributed by atoms with Gasteiger partial charge in [-0.05, 0) is 26.4 Å². The SMILES string of the molecule is CN1CCCCC1CNCCS(=O)(=O)N(C)C. The van der Waals surface area contributed by atoms with Crippen molar-refractivity contribution in [3.05, 3.63) is 0 Å². The molecule has 1 aliphatic rings. The topological polar surface area (TPSA) is 52.7 Å². The standard InChI is InChI=1S/C11H25N3O2S/c1-13(2)17(15,16)9-7-12-10-11-6-4-5-8-14(11)3/h11-12H,4-10H2,1-3H3. The van der Waals surface area contributed by atoms with Crippen LogP contribution in [0.2, 0.25) is 0 Å². The predicted octanol–water partition coefficient (Wildman–Crippen LogP) is -0.0483. The predicted molar refractivity (Wildman–Crippen MR) is 70.6 cm³/mol. The number of likely N-dealkylation sites (tertiary alicyclic amines) is 1. The Bertz CT molecular complexity index is 317. The third-order valence-corrected chi connectivity index (χ3v) is 5.23. The minimum absolute atomic E-state index is 0.177. The zero-order valence-corrected chi connectivity index (χ0v) is 12.0. The van der Waals surface area contributed by atoms with Gasteiger partial charge in [-0.25, -0.2) is 12.7 Å². The van der Waals surface area contributed by atoms with Crippen molar-refractivity contribution in [1.29, 1.82) is 0 Å². The molecule has 0 aromatic heterocycles. The van der Waals surface area contributed by atoms with Gasteiger partial charge in [0.1, 0.15) is 0 Å². The summed E-state index contributed by atoms with van der Waals surface area (Å²) in [6, 6.07) is 0.561. The molecule has 6 heteroatoms. The van der Waals surface area contributed by atoms with Gasteiger partial charge in [0.05, 0.1) is 5.75 Å². The van der Waals surface area contributed by atoms with Crippen molar-refractivity contribution in [3.63, 3.8) is 0 Å². The second kappa shape index (κ2) is 6.68. The highest BCUT2D eigenvalue weighted by Gasteiger charge is 2.18. The lowest BCUT2D eigenvalue weighted by atomic mass is 10.0. The number of piperidine rings is 1. The molecule has 1 atom stereocenters. The molecule has 0 amide bonds. The molecule has 0 spiro atoms. The molecule has 0 bridgehead atoms. The summed E-state index contributed by atoms with van der Waals surface area (Å²) in [5, 5.41) is 3.25. The molecular weight excluding hydrogens is 238 g/mol. The van der Waals surface area contributed by atoms with Crippen molar-refractivity contribution in [2.75, 3.05) is 46.5 Å². The molecule has 0 saturated carbocycles. The van der Waals surface area contributed by atoms with Crippen LogP contribution in [0.1, 0.15) is 19.3 Å². The van der Waals surface area contributed by atoms with Crippen LogP contribution in [-0.4, -0.2) is 70.2 Å². The normalized spacial score (nSPS) is 23.2. The third-order valence-electron chi connectivity index (χ3n) is 3.39. The van der Waals surface area contributed by atoms with Crippen molar-refractivity contribution in [1.82, 2.24) is 14.5 Å². The molecule has 1 unspecified atom stereocenters.